The molecular formula is C4H19KN2O2S4. The fourth-order valence-corrected chi connectivity index (χ4v) is 0. The summed E-state index contributed by atoms with van der Waals surface area (Å²) in [6, 6.07) is 0. The molecule has 82 valence electrons. The predicted octanol–water partition coefficient (Wildman–Crippen LogP) is -2.18. The third-order valence-electron chi connectivity index (χ3n) is 0. The van der Waals surface area contributed by atoms with Crippen LogP contribution in [0.1, 0.15) is 16.3 Å². The van der Waals surface area contributed by atoms with Gasteiger partial charge in [0.1, 0.15) is 0 Å². The van der Waals surface area contributed by atoms with Crippen molar-refractivity contribution in [1.29, 1.82) is 0 Å². The molecule has 0 amide bonds. The maximum Gasteiger partial charge on any atom is 1.00 e. The number of hydrogen-bond acceptors (Lipinski definition) is 7. The van der Waals surface area contributed by atoms with Crippen LogP contribution >= 0.6 is 0 Å². The van der Waals surface area contributed by atoms with Crippen molar-refractivity contribution >= 4 is 51.2 Å². The fraction of sp³-hybridized carbons (Fsp3) is 0.750. The molecule has 0 fully saturated rings. The van der Waals surface area contributed by atoms with E-state index in [1.165, 1.54) is 7.05 Å². The Labute approximate surface area is 145 Å². The van der Waals surface area contributed by atoms with E-state index in [1.54, 1.807) is 0 Å². The molecule has 4 nitrogen and oxygen atoms in total. The summed E-state index contributed by atoms with van der Waals surface area (Å²) in [5.74, 6) is 0. The average molecular weight is 295 g/mol. The van der Waals surface area contributed by atoms with Crippen molar-refractivity contribution in [3.63, 3.8) is 0 Å². The van der Waals surface area contributed by atoms with Crippen molar-refractivity contribution in [3.8, 4) is 0 Å². The normalized spacial score (nSPS) is 2.00. The molecule has 9 heteroatoms. The average Bonchev–Trinajstić information content (AvgIpc) is 2.01. The topological polar surface area (TPSA) is 98.3 Å². The van der Waals surface area contributed by atoms with Gasteiger partial charge in [0.05, 0.1) is 0 Å². The molecule has 0 aliphatic heterocycles. The molecule has 6 N–H and O–H groups in total. The van der Waals surface area contributed by atoms with Gasteiger partial charge in [0, 0.05) is 44.8 Å². The third kappa shape index (κ3) is 542. The number of rotatable bonds is 0. The molecule has 0 spiro atoms. The van der Waals surface area contributed by atoms with E-state index in [0.29, 0.717) is 0 Å². The van der Waals surface area contributed by atoms with Crippen LogP contribution in [0, 0.1) is 0 Å². The van der Waals surface area contributed by atoms with Gasteiger partial charge in [-0.05, 0) is 7.05 Å². The fourth-order valence-electron chi connectivity index (χ4n) is 0. The first-order valence-corrected chi connectivity index (χ1v) is 4.07. The Bertz CT molecular complexity index is 52.5. The quantitative estimate of drug-likeness (QED) is 0.343. The van der Waals surface area contributed by atoms with Gasteiger partial charge >= 0.3 is 51.4 Å². The van der Waals surface area contributed by atoms with Crippen LogP contribution in [0.15, 0.2) is 0 Å². The first-order chi connectivity index (χ1) is 4.41. The summed E-state index contributed by atoms with van der Waals surface area (Å²) < 4.78 is 0. The standard InChI is InChI=1S/CH5N.CH2O2.2CH4.K.H3N.2S2.H/c1-2;2-1-3;;;;;2*1-2;/h2H2,1H3;1H,(H,2,3);2*1H4;;1H3;;;/q;;;;+1;;;;-1. The maximum atomic E-state index is 8.36. The summed E-state index contributed by atoms with van der Waals surface area (Å²) in [5, 5.41) is 6.89. The molecular weight excluding hydrogens is 275 g/mol. The predicted molar refractivity (Wildman–Crippen MR) is 67.9 cm³/mol. The minimum Gasteiger partial charge on any atom is -1.00 e. The van der Waals surface area contributed by atoms with E-state index in [1.807, 2.05) is 0 Å². The molecule has 0 unspecified atom stereocenters. The molecule has 0 aromatic heterocycles. The Hall–Kier alpha value is 1.91. The summed E-state index contributed by atoms with van der Waals surface area (Å²) in [6.45, 7) is -0.250. The Balaban J connectivity index is -0.00000000308. The van der Waals surface area contributed by atoms with Crippen molar-refractivity contribution in [1.82, 2.24) is 6.15 Å². The van der Waals surface area contributed by atoms with E-state index in [0.717, 1.165) is 0 Å². The largest absolute Gasteiger partial charge is 1.00 e. The smallest absolute Gasteiger partial charge is 1.00 e. The summed E-state index contributed by atoms with van der Waals surface area (Å²) in [5.41, 5.74) is 4.50. The van der Waals surface area contributed by atoms with Crippen molar-refractivity contribution in [2.24, 2.45) is 5.73 Å². The summed E-state index contributed by atoms with van der Waals surface area (Å²) in [7, 11) is 1.50. The van der Waals surface area contributed by atoms with E-state index < -0.39 is 0 Å². The van der Waals surface area contributed by atoms with Gasteiger partial charge in [0.15, 0.2) is 0 Å². The van der Waals surface area contributed by atoms with Gasteiger partial charge in [-0.3, -0.25) is 4.79 Å². The molecule has 0 radical (unpaired) electrons. The van der Waals surface area contributed by atoms with E-state index in [9.17, 15) is 0 Å². The number of carbonyl (C=O) groups is 1. The van der Waals surface area contributed by atoms with Crippen LogP contribution in [0.5, 0.6) is 0 Å². The Morgan fingerprint density at radius 2 is 1.15 bits per heavy atom. The van der Waals surface area contributed by atoms with E-state index in [-0.39, 0.29) is 80.3 Å². The maximum absolute atomic E-state index is 8.36. The van der Waals surface area contributed by atoms with Gasteiger partial charge in [0.25, 0.3) is 6.47 Å². The Kier molecular flexibility index (Phi) is 1270. The van der Waals surface area contributed by atoms with Crippen molar-refractivity contribution in [2.45, 2.75) is 14.9 Å². The molecule has 0 saturated heterocycles. The number of carboxylic acid groups (broad SMARTS) is 1. The van der Waals surface area contributed by atoms with Gasteiger partial charge in [-0.25, -0.2) is 0 Å². The van der Waals surface area contributed by atoms with Crippen LogP contribution in [-0.2, 0) is 49.5 Å². The Morgan fingerprint density at radius 3 is 1.15 bits per heavy atom. The zero-order chi connectivity index (χ0) is 8.71. The first kappa shape index (κ1) is 60.4. The van der Waals surface area contributed by atoms with Gasteiger partial charge in [0.2, 0.25) is 0 Å². The third-order valence-corrected chi connectivity index (χ3v) is 0. The molecule has 0 aromatic rings. The molecule has 0 rings (SSSR count). The van der Waals surface area contributed by atoms with E-state index >= 15 is 0 Å². The second kappa shape index (κ2) is 274. The van der Waals surface area contributed by atoms with Crippen LogP contribution < -0.4 is 63.3 Å². The number of nitrogens with two attached hydrogens (primary N) is 1. The van der Waals surface area contributed by atoms with Gasteiger partial charge in [-0.15, -0.1) is 0 Å². The molecule has 0 bridgehead atoms. The second-order valence-corrected chi connectivity index (χ2v) is 0.105. The van der Waals surface area contributed by atoms with Gasteiger partial charge < -0.3 is 18.4 Å². The minimum absolute atomic E-state index is 0. The molecule has 0 heterocycles. The van der Waals surface area contributed by atoms with E-state index in [2.05, 4.69) is 50.5 Å². The Morgan fingerprint density at radius 1 is 1.15 bits per heavy atom. The van der Waals surface area contributed by atoms with Gasteiger partial charge in [-0.2, -0.15) is 0 Å². The summed E-state index contributed by atoms with van der Waals surface area (Å²) in [6.07, 6.45) is 0. The van der Waals surface area contributed by atoms with Crippen LogP contribution in [0.25, 0.3) is 0 Å². The first-order valence-electron chi connectivity index (χ1n) is 1.40. The van der Waals surface area contributed by atoms with Gasteiger partial charge in [-0.1, -0.05) is 14.9 Å². The van der Waals surface area contributed by atoms with Crippen LogP contribution in [-0.4, -0.2) is 18.6 Å². The van der Waals surface area contributed by atoms with Crippen LogP contribution in [0.4, 0.5) is 0 Å². The van der Waals surface area contributed by atoms with E-state index in [4.69, 9.17) is 9.90 Å². The van der Waals surface area contributed by atoms with Crippen molar-refractivity contribution in [2.75, 3.05) is 7.05 Å². The second-order valence-electron chi connectivity index (χ2n) is 0.105. The zero-order valence-corrected chi connectivity index (χ0v) is 12.7. The molecule has 0 atom stereocenters. The molecule has 0 aliphatic rings. The van der Waals surface area contributed by atoms with Crippen molar-refractivity contribution in [3.05, 3.63) is 0 Å². The molecule has 0 aromatic carbocycles. The van der Waals surface area contributed by atoms with Crippen LogP contribution in [0.2, 0.25) is 0 Å². The monoisotopic (exact) mass is 294 g/mol. The number of hydrogen-bond donors (Lipinski definition) is 3. The molecule has 0 saturated carbocycles. The zero-order valence-electron chi connectivity index (χ0n) is 7.35. The minimum atomic E-state index is -0.250. The molecule has 0 aliphatic carbocycles. The molecule has 13 heavy (non-hydrogen) atoms. The van der Waals surface area contributed by atoms with Crippen molar-refractivity contribution < 1.29 is 62.7 Å². The summed E-state index contributed by atoms with van der Waals surface area (Å²) in [4.78, 5) is 8.36. The van der Waals surface area contributed by atoms with Crippen LogP contribution in [0.3, 0.4) is 0 Å². The SMILES string of the molecule is C.C.CN.N.O=CO.S=S.S=S.[H-].[K+]. The summed E-state index contributed by atoms with van der Waals surface area (Å²) >= 11 is 14.7.